The summed E-state index contributed by atoms with van der Waals surface area (Å²) in [5.41, 5.74) is 8.01. The number of nitrogens with zero attached hydrogens (tertiary/aromatic N) is 2. The van der Waals surface area contributed by atoms with Crippen LogP contribution in [0.25, 0.3) is 0 Å². The van der Waals surface area contributed by atoms with Crippen LogP contribution in [0.3, 0.4) is 0 Å². The molecule has 2 N–H and O–H groups in total. The van der Waals surface area contributed by atoms with Crippen LogP contribution in [0.4, 0.5) is 5.82 Å². The van der Waals surface area contributed by atoms with Gasteiger partial charge in [-0.15, -0.1) is 0 Å². The summed E-state index contributed by atoms with van der Waals surface area (Å²) in [6, 6.07) is 2.15. The molecule has 0 bridgehead atoms. The highest BCUT2D eigenvalue weighted by Gasteiger charge is 2.05. The molecule has 0 fully saturated rings. The van der Waals surface area contributed by atoms with Gasteiger partial charge in [0.2, 0.25) is 0 Å². The lowest BCUT2D eigenvalue weighted by Gasteiger charge is -2.15. The van der Waals surface area contributed by atoms with Crippen molar-refractivity contribution in [1.82, 2.24) is 4.98 Å². The first kappa shape index (κ1) is 9.99. The van der Waals surface area contributed by atoms with E-state index in [0.29, 0.717) is 0 Å². The molecule has 1 atom stereocenters. The van der Waals surface area contributed by atoms with Crippen molar-refractivity contribution >= 4 is 5.82 Å². The maximum absolute atomic E-state index is 5.76. The fourth-order valence-electron chi connectivity index (χ4n) is 1.31. The molecule has 0 saturated heterocycles. The monoisotopic (exact) mass is 179 g/mol. The first-order valence-electron chi connectivity index (χ1n) is 4.42. The molecule has 0 aromatic carbocycles. The van der Waals surface area contributed by atoms with Gasteiger partial charge in [0.1, 0.15) is 5.82 Å². The maximum Gasteiger partial charge on any atom is 0.130 e. The van der Waals surface area contributed by atoms with E-state index in [0.717, 1.165) is 11.4 Å². The first-order chi connectivity index (χ1) is 6.02. The van der Waals surface area contributed by atoms with Gasteiger partial charge >= 0.3 is 0 Å². The molecule has 0 spiro atoms. The zero-order chi connectivity index (χ0) is 10.0. The second-order valence-corrected chi connectivity index (χ2v) is 3.59. The Bertz CT molecular complexity index is 292. The Morgan fingerprint density at radius 3 is 2.46 bits per heavy atom. The van der Waals surface area contributed by atoms with Crippen molar-refractivity contribution in [3.63, 3.8) is 0 Å². The average Bonchev–Trinajstić information content (AvgIpc) is 2.03. The molecule has 0 aliphatic carbocycles. The van der Waals surface area contributed by atoms with Gasteiger partial charge in [-0.05, 0) is 31.0 Å². The predicted octanol–water partition coefficient (Wildman–Crippen LogP) is 1.48. The average molecular weight is 179 g/mol. The van der Waals surface area contributed by atoms with Gasteiger partial charge in [-0.2, -0.15) is 0 Å². The Morgan fingerprint density at radius 1 is 1.46 bits per heavy atom. The third-order valence-electron chi connectivity index (χ3n) is 2.02. The quantitative estimate of drug-likeness (QED) is 0.747. The molecule has 13 heavy (non-hydrogen) atoms. The van der Waals surface area contributed by atoms with Gasteiger partial charge in [0.15, 0.2) is 0 Å². The van der Waals surface area contributed by atoms with Crippen LogP contribution in [0.15, 0.2) is 12.3 Å². The third kappa shape index (κ3) is 2.18. The zero-order valence-corrected chi connectivity index (χ0v) is 8.70. The molecule has 0 aliphatic rings. The number of hydrogen-bond acceptors (Lipinski definition) is 3. The van der Waals surface area contributed by atoms with Gasteiger partial charge in [0.05, 0.1) is 0 Å². The Kier molecular flexibility index (Phi) is 2.88. The predicted molar refractivity (Wildman–Crippen MR) is 55.9 cm³/mol. The SMILES string of the molecule is Cc1cc(C(C)N)cnc1N(C)C. The number of aryl methyl sites for hydroxylation is 1. The second kappa shape index (κ2) is 3.75. The van der Waals surface area contributed by atoms with Gasteiger partial charge < -0.3 is 10.6 Å². The smallest absolute Gasteiger partial charge is 0.130 e. The van der Waals surface area contributed by atoms with Crippen LogP contribution in [0, 0.1) is 6.92 Å². The fraction of sp³-hybridized carbons (Fsp3) is 0.500. The Labute approximate surface area is 79.6 Å². The van der Waals surface area contributed by atoms with Crippen LogP contribution >= 0.6 is 0 Å². The lowest BCUT2D eigenvalue weighted by molar-refractivity contribution is 0.808. The molecule has 1 unspecified atom stereocenters. The summed E-state index contributed by atoms with van der Waals surface area (Å²) in [4.78, 5) is 6.35. The maximum atomic E-state index is 5.76. The van der Waals surface area contributed by atoms with Crippen LogP contribution < -0.4 is 10.6 Å². The van der Waals surface area contributed by atoms with Crippen LogP contribution in [0.5, 0.6) is 0 Å². The van der Waals surface area contributed by atoms with Crippen LogP contribution in [0.2, 0.25) is 0 Å². The number of rotatable bonds is 2. The minimum absolute atomic E-state index is 0.0578. The largest absolute Gasteiger partial charge is 0.363 e. The molecule has 1 heterocycles. The molecule has 0 aliphatic heterocycles. The van der Waals surface area contributed by atoms with Crippen molar-refractivity contribution < 1.29 is 0 Å². The number of pyridine rings is 1. The first-order valence-corrected chi connectivity index (χ1v) is 4.42. The summed E-state index contributed by atoms with van der Waals surface area (Å²) in [5, 5.41) is 0. The number of anilines is 1. The van der Waals surface area contributed by atoms with E-state index in [-0.39, 0.29) is 6.04 Å². The van der Waals surface area contributed by atoms with Crippen LogP contribution in [-0.4, -0.2) is 19.1 Å². The van der Waals surface area contributed by atoms with Gasteiger partial charge in [-0.25, -0.2) is 4.98 Å². The van der Waals surface area contributed by atoms with E-state index in [4.69, 9.17) is 5.73 Å². The Morgan fingerprint density at radius 2 is 2.08 bits per heavy atom. The van der Waals surface area contributed by atoms with E-state index in [9.17, 15) is 0 Å². The van der Waals surface area contributed by atoms with Crippen molar-refractivity contribution in [2.75, 3.05) is 19.0 Å². The molecular weight excluding hydrogens is 162 g/mol. The molecule has 1 aromatic rings. The lowest BCUT2D eigenvalue weighted by Crippen LogP contribution is -2.13. The molecule has 3 heteroatoms. The summed E-state index contributed by atoms with van der Waals surface area (Å²) < 4.78 is 0. The zero-order valence-electron chi connectivity index (χ0n) is 8.70. The van der Waals surface area contributed by atoms with Crippen molar-refractivity contribution in [2.45, 2.75) is 19.9 Å². The molecule has 0 radical (unpaired) electrons. The van der Waals surface area contributed by atoms with E-state index >= 15 is 0 Å². The lowest BCUT2D eigenvalue weighted by atomic mass is 10.1. The fourth-order valence-corrected chi connectivity index (χ4v) is 1.31. The Hall–Kier alpha value is -1.09. The molecular formula is C10H17N3. The van der Waals surface area contributed by atoms with Crippen molar-refractivity contribution in [2.24, 2.45) is 5.73 Å². The van der Waals surface area contributed by atoms with Gasteiger partial charge in [-0.1, -0.05) is 0 Å². The van der Waals surface area contributed by atoms with Crippen LogP contribution in [0.1, 0.15) is 24.1 Å². The summed E-state index contributed by atoms with van der Waals surface area (Å²) >= 11 is 0. The third-order valence-corrected chi connectivity index (χ3v) is 2.02. The van der Waals surface area contributed by atoms with Gasteiger partial charge in [-0.3, -0.25) is 0 Å². The van der Waals surface area contributed by atoms with Gasteiger partial charge in [0.25, 0.3) is 0 Å². The van der Waals surface area contributed by atoms with Crippen molar-refractivity contribution in [3.8, 4) is 0 Å². The minimum Gasteiger partial charge on any atom is -0.363 e. The van der Waals surface area contributed by atoms with E-state index in [1.54, 1.807) is 0 Å². The van der Waals surface area contributed by atoms with E-state index in [1.165, 1.54) is 5.56 Å². The molecule has 1 aromatic heterocycles. The molecule has 0 saturated carbocycles. The topological polar surface area (TPSA) is 42.1 Å². The summed E-state index contributed by atoms with van der Waals surface area (Å²) in [6.07, 6.45) is 1.84. The molecule has 1 rings (SSSR count). The summed E-state index contributed by atoms with van der Waals surface area (Å²) in [6.45, 7) is 4.01. The minimum atomic E-state index is 0.0578. The van der Waals surface area contributed by atoms with Crippen molar-refractivity contribution in [3.05, 3.63) is 23.4 Å². The highest BCUT2D eigenvalue weighted by molar-refractivity contribution is 5.46. The van der Waals surface area contributed by atoms with E-state index < -0.39 is 0 Å². The molecule has 3 nitrogen and oxygen atoms in total. The highest BCUT2D eigenvalue weighted by Crippen LogP contribution is 2.18. The number of hydrogen-bond donors (Lipinski definition) is 1. The summed E-state index contributed by atoms with van der Waals surface area (Å²) in [7, 11) is 3.97. The second-order valence-electron chi connectivity index (χ2n) is 3.59. The standard InChI is InChI=1S/C10H17N3/c1-7-5-9(8(2)11)6-12-10(7)13(3)4/h5-6,8H,11H2,1-4H3. The highest BCUT2D eigenvalue weighted by atomic mass is 15.1. The molecule has 72 valence electrons. The van der Waals surface area contributed by atoms with E-state index in [2.05, 4.69) is 11.1 Å². The van der Waals surface area contributed by atoms with Crippen molar-refractivity contribution in [1.29, 1.82) is 0 Å². The van der Waals surface area contributed by atoms with Crippen LogP contribution in [-0.2, 0) is 0 Å². The summed E-state index contributed by atoms with van der Waals surface area (Å²) in [5.74, 6) is 1.00. The molecule has 0 amide bonds. The van der Waals surface area contributed by atoms with Gasteiger partial charge in [0, 0.05) is 26.3 Å². The Balaban J connectivity index is 3.06. The van der Waals surface area contributed by atoms with E-state index in [1.807, 2.05) is 39.0 Å². The number of nitrogens with two attached hydrogens (primary N) is 1. The normalized spacial score (nSPS) is 12.7. The number of aromatic nitrogens is 1.